The fraction of sp³-hybridized carbons (Fsp3) is 0.667. The van der Waals surface area contributed by atoms with Gasteiger partial charge >= 0.3 is 0 Å². The Labute approximate surface area is 124 Å². The highest BCUT2D eigenvalue weighted by atomic mass is 16.5. The first-order valence-corrected chi connectivity index (χ1v) is 8.14. The van der Waals surface area contributed by atoms with Crippen molar-refractivity contribution < 1.29 is 9.47 Å². The summed E-state index contributed by atoms with van der Waals surface area (Å²) in [6.45, 7) is 9.03. The van der Waals surface area contributed by atoms with Gasteiger partial charge in [0, 0.05) is 19.6 Å². The number of hydrogen-bond acceptors (Lipinski definition) is 2. The van der Waals surface area contributed by atoms with Crippen molar-refractivity contribution >= 4 is 0 Å². The van der Waals surface area contributed by atoms with Crippen molar-refractivity contribution in [3.8, 4) is 5.75 Å². The van der Waals surface area contributed by atoms with E-state index in [4.69, 9.17) is 9.47 Å². The van der Waals surface area contributed by atoms with E-state index < -0.39 is 0 Å². The maximum Gasteiger partial charge on any atom is 0.119 e. The van der Waals surface area contributed by atoms with Crippen molar-refractivity contribution in [2.75, 3.05) is 19.8 Å². The first-order chi connectivity index (χ1) is 9.81. The van der Waals surface area contributed by atoms with E-state index in [0.29, 0.717) is 0 Å². The topological polar surface area (TPSA) is 18.5 Å². The van der Waals surface area contributed by atoms with Crippen molar-refractivity contribution in [3.05, 3.63) is 29.3 Å². The van der Waals surface area contributed by atoms with Gasteiger partial charge in [0.15, 0.2) is 0 Å². The minimum absolute atomic E-state index is 0.738. The summed E-state index contributed by atoms with van der Waals surface area (Å²) in [5, 5.41) is 0. The van der Waals surface area contributed by atoms with Crippen LogP contribution in [0.1, 0.15) is 57.6 Å². The SMILES string of the molecule is CCCCOCCCOc1ccc(CCC)c(CC)c1. The number of ether oxygens (including phenoxy) is 2. The summed E-state index contributed by atoms with van der Waals surface area (Å²) >= 11 is 0. The second kappa shape index (κ2) is 10.7. The summed E-state index contributed by atoms with van der Waals surface area (Å²) in [5.41, 5.74) is 2.88. The first-order valence-electron chi connectivity index (χ1n) is 8.14. The molecule has 0 aromatic heterocycles. The molecule has 0 saturated heterocycles. The summed E-state index contributed by atoms with van der Waals surface area (Å²) in [7, 11) is 0. The van der Waals surface area contributed by atoms with Crippen LogP contribution < -0.4 is 4.74 Å². The van der Waals surface area contributed by atoms with Gasteiger partial charge in [-0.1, -0.05) is 39.7 Å². The number of hydrogen-bond donors (Lipinski definition) is 0. The molecule has 2 heteroatoms. The lowest BCUT2D eigenvalue weighted by Gasteiger charge is -2.11. The molecule has 0 spiro atoms. The van der Waals surface area contributed by atoms with Gasteiger partial charge in [0.05, 0.1) is 6.61 Å². The van der Waals surface area contributed by atoms with Crippen LogP contribution in [-0.4, -0.2) is 19.8 Å². The van der Waals surface area contributed by atoms with Crippen LogP contribution in [0.5, 0.6) is 5.75 Å². The van der Waals surface area contributed by atoms with Crippen LogP contribution in [0, 0.1) is 0 Å². The smallest absolute Gasteiger partial charge is 0.119 e. The van der Waals surface area contributed by atoms with E-state index >= 15 is 0 Å². The van der Waals surface area contributed by atoms with Gasteiger partial charge in [-0.3, -0.25) is 0 Å². The van der Waals surface area contributed by atoms with E-state index in [1.165, 1.54) is 24.0 Å². The van der Waals surface area contributed by atoms with E-state index in [-0.39, 0.29) is 0 Å². The Bertz CT molecular complexity index is 360. The zero-order valence-corrected chi connectivity index (χ0v) is 13.4. The standard InChI is InChI=1S/C18H30O2/c1-4-7-12-19-13-8-14-20-18-11-10-17(9-5-2)16(6-3)15-18/h10-11,15H,4-9,12-14H2,1-3H3. The first kappa shape index (κ1) is 17.0. The molecule has 2 nitrogen and oxygen atoms in total. The van der Waals surface area contributed by atoms with Crippen molar-refractivity contribution in [2.45, 2.75) is 59.3 Å². The van der Waals surface area contributed by atoms with Crippen LogP contribution in [0.2, 0.25) is 0 Å². The third-order valence-corrected chi connectivity index (χ3v) is 3.42. The molecule has 0 heterocycles. The third-order valence-electron chi connectivity index (χ3n) is 3.42. The molecule has 0 aliphatic rings. The van der Waals surface area contributed by atoms with Gasteiger partial charge in [0.1, 0.15) is 5.75 Å². The molecule has 0 amide bonds. The van der Waals surface area contributed by atoms with Crippen LogP contribution in [0.15, 0.2) is 18.2 Å². The highest BCUT2D eigenvalue weighted by Crippen LogP contribution is 2.20. The molecule has 0 bridgehead atoms. The Hall–Kier alpha value is -1.02. The van der Waals surface area contributed by atoms with Gasteiger partial charge in [0.2, 0.25) is 0 Å². The normalized spacial score (nSPS) is 10.8. The number of rotatable bonds is 11. The zero-order chi connectivity index (χ0) is 14.6. The lowest BCUT2D eigenvalue weighted by molar-refractivity contribution is 0.117. The van der Waals surface area contributed by atoms with Gasteiger partial charge in [0.25, 0.3) is 0 Å². The minimum atomic E-state index is 0.738. The Morgan fingerprint density at radius 2 is 1.65 bits per heavy atom. The van der Waals surface area contributed by atoms with E-state index in [0.717, 1.165) is 51.3 Å². The summed E-state index contributed by atoms with van der Waals surface area (Å²) in [6, 6.07) is 6.51. The molecule has 0 radical (unpaired) electrons. The van der Waals surface area contributed by atoms with Gasteiger partial charge < -0.3 is 9.47 Å². The van der Waals surface area contributed by atoms with Crippen molar-refractivity contribution in [1.29, 1.82) is 0 Å². The molecule has 0 fully saturated rings. The van der Waals surface area contributed by atoms with Gasteiger partial charge in [-0.15, -0.1) is 0 Å². The average Bonchev–Trinajstić information content (AvgIpc) is 2.48. The number of benzene rings is 1. The molecular weight excluding hydrogens is 248 g/mol. The largest absolute Gasteiger partial charge is 0.493 e. The summed E-state index contributed by atoms with van der Waals surface area (Å²) in [6.07, 6.45) is 6.74. The molecule has 114 valence electrons. The average molecular weight is 278 g/mol. The van der Waals surface area contributed by atoms with Crippen molar-refractivity contribution in [3.63, 3.8) is 0 Å². The van der Waals surface area contributed by atoms with E-state index in [1.54, 1.807) is 0 Å². The van der Waals surface area contributed by atoms with Gasteiger partial charge in [-0.2, -0.15) is 0 Å². The lowest BCUT2D eigenvalue weighted by atomic mass is 10.0. The van der Waals surface area contributed by atoms with Gasteiger partial charge in [-0.25, -0.2) is 0 Å². The van der Waals surface area contributed by atoms with Crippen LogP contribution in [-0.2, 0) is 17.6 Å². The Morgan fingerprint density at radius 1 is 0.850 bits per heavy atom. The lowest BCUT2D eigenvalue weighted by Crippen LogP contribution is -2.04. The maximum atomic E-state index is 5.81. The predicted octanol–water partition coefficient (Wildman–Crippen LogP) is 4.79. The molecule has 0 aliphatic heterocycles. The quantitative estimate of drug-likeness (QED) is 0.542. The second-order valence-corrected chi connectivity index (χ2v) is 5.20. The van der Waals surface area contributed by atoms with Crippen LogP contribution in [0.3, 0.4) is 0 Å². The van der Waals surface area contributed by atoms with Crippen LogP contribution >= 0.6 is 0 Å². The Kier molecular flexibility index (Phi) is 9.14. The Morgan fingerprint density at radius 3 is 2.35 bits per heavy atom. The highest BCUT2D eigenvalue weighted by Gasteiger charge is 2.02. The minimum Gasteiger partial charge on any atom is -0.493 e. The Balaban J connectivity index is 2.29. The molecule has 20 heavy (non-hydrogen) atoms. The molecule has 1 rings (SSSR count). The zero-order valence-electron chi connectivity index (χ0n) is 13.4. The molecule has 0 unspecified atom stereocenters. The molecule has 1 aromatic rings. The predicted molar refractivity (Wildman–Crippen MR) is 85.7 cm³/mol. The van der Waals surface area contributed by atoms with Crippen molar-refractivity contribution in [2.24, 2.45) is 0 Å². The van der Waals surface area contributed by atoms with E-state index in [9.17, 15) is 0 Å². The summed E-state index contributed by atoms with van der Waals surface area (Å²) < 4.78 is 11.3. The molecule has 1 aromatic carbocycles. The molecule has 0 N–H and O–H groups in total. The number of aryl methyl sites for hydroxylation is 2. The molecular formula is C18H30O2. The summed E-state index contributed by atoms with van der Waals surface area (Å²) in [4.78, 5) is 0. The highest BCUT2D eigenvalue weighted by molar-refractivity contribution is 5.35. The monoisotopic (exact) mass is 278 g/mol. The van der Waals surface area contributed by atoms with Crippen molar-refractivity contribution in [1.82, 2.24) is 0 Å². The fourth-order valence-corrected chi connectivity index (χ4v) is 2.23. The fourth-order valence-electron chi connectivity index (χ4n) is 2.23. The maximum absolute atomic E-state index is 5.81. The van der Waals surface area contributed by atoms with Crippen LogP contribution in [0.25, 0.3) is 0 Å². The molecule has 0 saturated carbocycles. The van der Waals surface area contributed by atoms with Crippen LogP contribution in [0.4, 0.5) is 0 Å². The second-order valence-electron chi connectivity index (χ2n) is 5.20. The third kappa shape index (κ3) is 6.42. The van der Waals surface area contributed by atoms with Gasteiger partial charge in [-0.05, 0) is 42.5 Å². The van der Waals surface area contributed by atoms with E-state index in [2.05, 4.69) is 39.0 Å². The molecule has 0 aliphatic carbocycles. The molecule has 0 atom stereocenters. The number of unbranched alkanes of at least 4 members (excludes halogenated alkanes) is 1. The summed E-state index contributed by atoms with van der Waals surface area (Å²) in [5.74, 6) is 0.996. The van der Waals surface area contributed by atoms with E-state index in [1.807, 2.05) is 0 Å².